The highest BCUT2D eigenvalue weighted by Crippen LogP contribution is 2.32. The monoisotopic (exact) mass is 425 g/mol. The van der Waals surface area contributed by atoms with Crippen molar-refractivity contribution in [2.75, 3.05) is 19.3 Å². The number of aliphatic hydroxyl groups is 1. The highest BCUT2D eigenvalue weighted by Gasteiger charge is 2.42. The number of nitrogens with zero attached hydrogens (tertiary/aromatic N) is 4. The quantitative estimate of drug-likeness (QED) is 0.474. The smallest absolute Gasteiger partial charge is 0.267 e. The summed E-state index contributed by atoms with van der Waals surface area (Å²) in [6, 6.07) is 12.9. The molecule has 0 unspecified atom stereocenters. The van der Waals surface area contributed by atoms with Crippen LogP contribution in [0.15, 0.2) is 59.5 Å². The first-order valence-corrected chi connectivity index (χ1v) is 10.0. The number of amides is 1. The lowest BCUT2D eigenvalue weighted by molar-refractivity contribution is -0.137. The van der Waals surface area contributed by atoms with Crippen LogP contribution in [0.3, 0.4) is 0 Å². The van der Waals surface area contributed by atoms with Crippen LogP contribution < -0.4 is 5.73 Å². The Hall–Kier alpha value is -4.22. The van der Waals surface area contributed by atoms with Crippen molar-refractivity contribution >= 4 is 22.8 Å². The summed E-state index contributed by atoms with van der Waals surface area (Å²) in [4.78, 5) is 26.7. The van der Waals surface area contributed by atoms with E-state index in [9.17, 15) is 9.90 Å². The van der Waals surface area contributed by atoms with E-state index in [1.165, 1.54) is 11.2 Å². The fourth-order valence-electron chi connectivity index (χ4n) is 3.73. The molecule has 32 heavy (non-hydrogen) atoms. The minimum atomic E-state index is -1.65. The van der Waals surface area contributed by atoms with E-state index in [1.54, 1.807) is 19.4 Å². The molecule has 1 aliphatic rings. The van der Waals surface area contributed by atoms with E-state index < -0.39 is 5.60 Å². The number of furan rings is 1. The van der Waals surface area contributed by atoms with Crippen LogP contribution in [0.25, 0.3) is 33.6 Å². The summed E-state index contributed by atoms with van der Waals surface area (Å²) in [7, 11) is 1.65. The van der Waals surface area contributed by atoms with Gasteiger partial charge in [-0.05, 0) is 30.3 Å². The van der Waals surface area contributed by atoms with Crippen LogP contribution in [-0.2, 0) is 4.79 Å². The number of rotatable bonds is 2. The molecule has 0 saturated carbocycles. The number of fused-ring (bicyclic) bond motifs is 1. The number of carbonyl (C=O) groups is 1. The van der Waals surface area contributed by atoms with Crippen molar-refractivity contribution in [1.29, 1.82) is 0 Å². The maximum absolute atomic E-state index is 12.2. The Morgan fingerprint density at radius 3 is 2.81 bits per heavy atom. The van der Waals surface area contributed by atoms with Gasteiger partial charge >= 0.3 is 0 Å². The maximum Gasteiger partial charge on any atom is 0.267 e. The van der Waals surface area contributed by atoms with Crippen molar-refractivity contribution in [3.8, 4) is 34.4 Å². The van der Waals surface area contributed by atoms with Gasteiger partial charge in [0.2, 0.25) is 5.60 Å². The molecule has 0 bridgehead atoms. The molecule has 8 heteroatoms. The summed E-state index contributed by atoms with van der Waals surface area (Å²) in [5.41, 5.74) is 8.33. The zero-order chi connectivity index (χ0) is 22.3. The van der Waals surface area contributed by atoms with E-state index in [-0.39, 0.29) is 18.1 Å². The molecular formula is C24H19N5O3. The minimum Gasteiger partial charge on any atom is -0.464 e. The second kappa shape index (κ2) is 7.48. The third kappa shape index (κ3) is 3.35. The molecule has 4 heterocycles. The van der Waals surface area contributed by atoms with Gasteiger partial charge in [-0.3, -0.25) is 4.79 Å². The predicted octanol–water partition coefficient (Wildman–Crippen LogP) is 2.48. The van der Waals surface area contributed by atoms with Crippen LogP contribution in [0.5, 0.6) is 0 Å². The Balaban J connectivity index is 1.60. The molecule has 1 fully saturated rings. The molecule has 4 aromatic rings. The van der Waals surface area contributed by atoms with Crippen LogP contribution in [0.1, 0.15) is 12.0 Å². The van der Waals surface area contributed by atoms with Crippen LogP contribution in [0, 0.1) is 11.8 Å². The number of hydrogen-bond acceptors (Lipinski definition) is 7. The van der Waals surface area contributed by atoms with E-state index in [2.05, 4.69) is 26.8 Å². The highest BCUT2D eigenvalue weighted by molar-refractivity contribution is 5.97. The number of likely N-dealkylation sites (N-methyl/N-ethyl adjacent to an activating group) is 1. The summed E-state index contributed by atoms with van der Waals surface area (Å²) < 4.78 is 5.59. The lowest BCUT2D eigenvalue weighted by Crippen LogP contribution is -2.37. The van der Waals surface area contributed by atoms with Gasteiger partial charge in [0.05, 0.1) is 12.0 Å². The second-order valence-electron chi connectivity index (χ2n) is 7.66. The molecule has 1 amide bonds. The van der Waals surface area contributed by atoms with E-state index in [0.717, 1.165) is 11.1 Å². The Bertz CT molecular complexity index is 1400. The number of hydrogen-bond donors (Lipinski definition) is 2. The Morgan fingerprint density at radius 1 is 1.19 bits per heavy atom. The molecule has 5 rings (SSSR count). The van der Waals surface area contributed by atoms with E-state index >= 15 is 0 Å². The van der Waals surface area contributed by atoms with Crippen molar-refractivity contribution in [1.82, 2.24) is 19.9 Å². The van der Waals surface area contributed by atoms with Gasteiger partial charge in [0.15, 0.2) is 5.82 Å². The first-order chi connectivity index (χ1) is 15.4. The number of aromatic nitrogens is 3. The average molecular weight is 425 g/mol. The molecule has 1 aliphatic heterocycles. The predicted molar refractivity (Wildman–Crippen MR) is 119 cm³/mol. The number of likely N-dealkylation sites (tertiary alicyclic amines) is 1. The summed E-state index contributed by atoms with van der Waals surface area (Å²) in [5, 5.41) is 10.6. The van der Waals surface area contributed by atoms with Gasteiger partial charge in [0.25, 0.3) is 5.91 Å². The fraction of sp³-hybridized carbons (Fsp3) is 0.167. The van der Waals surface area contributed by atoms with Crippen molar-refractivity contribution < 1.29 is 14.3 Å². The second-order valence-corrected chi connectivity index (χ2v) is 7.66. The number of pyridine rings is 1. The van der Waals surface area contributed by atoms with E-state index in [0.29, 0.717) is 34.6 Å². The van der Waals surface area contributed by atoms with Gasteiger partial charge in [-0.2, -0.15) is 0 Å². The normalized spacial score (nSPS) is 18.1. The fourth-order valence-corrected chi connectivity index (χ4v) is 3.73. The van der Waals surface area contributed by atoms with Crippen molar-refractivity contribution in [2.45, 2.75) is 12.0 Å². The lowest BCUT2D eigenvalue weighted by Gasteiger charge is -2.13. The van der Waals surface area contributed by atoms with Crippen molar-refractivity contribution in [2.24, 2.45) is 0 Å². The molecule has 158 valence electrons. The summed E-state index contributed by atoms with van der Waals surface area (Å²) in [5.74, 6) is 6.21. The first-order valence-electron chi connectivity index (χ1n) is 10.0. The number of nitrogens with two attached hydrogens (primary N) is 1. The van der Waals surface area contributed by atoms with Crippen LogP contribution in [0.4, 0.5) is 5.82 Å². The van der Waals surface area contributed by atoms with E-state index in [4.69, 9.17) is 10.2 Å². The number of anilines is 1. The van der Waals surface area contributed by atoms with Crippen molar-refractivity contribution in [3.63, 3.8) is 0 Å². The van der Waals surface area contributed by atoms with Gasteiger partial charge in [-0.1, -0.05) is 24.0 Å². The van der Waals surface area contributed by atoms with Crippen molar-refractivity contribution in [3.05, 3.63) is 60.6 Å². The van der Waals surface area contributed by atoms with Crippen LogP contribution in [-0.4, -0.2) is 50.1 Å². The topological polar surface area (TPSA) is 118 Å². The van der Waals surface area contributed by atoms with Gasteiger partial charge in [-0.15, -0.1) is 0 Å². The molecule has 3 N–H and O–H groups in total. The molecule has 3 aromatic heterocycles. The molecule has 8 nitrogen and oxygen atoms in total. The average Bonchev–Trinajstić information content (AvgIpc) is 3.43. The maximum atomic E-state index is 12.2. The van der Waals surface area contributed by atoms with Gasteiger partial charge in [0, 0.05) is 36.7 Å². The number of benzene rings is 1. The molecule has 0 radical (unpaired) electrons. The summed E-state index contributed by atoms with van der Waals surface area (Å²) >= 11 is 0. The molecule has 1 saturated heterocycles. The van der Waals surface area contributed by atoms with Crippen LogP contribution >= 0.6 is 0 Å². The Morgan fingerprint density at radius 2 is 2.06 bits per heavy atom. The summed E-state index contributed by atoms with van der Waals surface area (Å²) in [6.07, 6.45) is 3.27. The number of carbonyl (C=O) groups excluding carboxylic acids is 1. The van der Waals surface area contributed by atoms with Gasteiger partial charge in [-0.25, -0.2) is 15.0 Å². The first kappa shape index (κ1) is 19.7. The Kier molecular flexibility index (Phi) is 4.61. The molecule has 0 spiro atoms. The van der Waals surface area contributed by atoms with Gasteiger partial charge < -0.3 is 20.2 Å². The SMILES string of the molecule is CN1CC[C@@](O)(C#Cc2cccc(-c3cc(-c4ccco4)c4ncnc(N)c4n3)c2)C1=O. The molecule has 1 aromatic carbocycles. The number of nitrogen functional groups attached to an aromatic ring is 1. The Labute approximate surface area is 183 Å². The third-order valence-corrected chi connectivity index (χ3v) is 5.49. The lowest BCUT2D eigenvalue weighted by atomic mass is 10.0. The molecule has 1 atom stereocenters. The summed E-state index contributed by atoms with van der Waals surface area (Å²) in [6.45, 7) is 0.476. The highest BCUT2D eigenvalue weighted by atomic mass is 16.3. The van der Waals surface area contributed by atoms with Crippen LogP contribution in [0.2, 0.25) is 0 Å². The zero-order valence-corrected chi connectivity index (χ0v) is 17.2. The van der Waals surface area contributed by atoms with Gasteiger partial charge in [0.1, 0.15) is 23.1 Å². The minimum absolute atomic E-state index is 0.270. The molecular weight excluding hydrogens is 406 g/mol. The third-order valence-electron chi connectivity index (χ3n) is 5.49. The standard InChI is InChI=1S/C24H19N5O3/c1-29-10-9-24(31,23(29)30)8-7-15-4-2-5-16(12-15)18-13-17(19-6-3-11-32-19)20-21(28-18)22(25)27-14-26-20/h2-6,11-14,31H,9-10H2,1H3,(H2,25,26,27)/t24-/m0/s1. The van der Waals surface area contributed by atoms with E-state index in [1.807, 2.05) is 36.4 Å². The molecule has 0 aliphatic carbocycles. The largest absolute Gasteiger partial charge is 0.464 e. The zero-order valence-electron chi connectivity index (χ0n) is 17.2.